The van der Waals surface area contributed by atoms with E-state index < -0.39 is 0 Å². The van der Waals surface area contributed by atoms with Gasteiger partial charge in [0.25, 0.3) is 0 Å². The fraction of sp³-hybridized carbons (Fsp3) is 0.905. The van der Waals surface area contributed by atoms with Gasteiger partial charge in [0.05, 0.1) is 12.7 Å². The van der Waals surface area contributed by atoms with Gasteiger partial charge in [0.15, 0.2) is 0 Å². The summed E-state index contributed by atoms with van der Waals surface area (Å²) in [6.07, 6.45) is 9.74. The van der Waals surface area contributed by atoms with Crippen LogP contribution in [0.25, 0.3) is 0 Å². The number of fused-ring (bicyclic) bond motifs is 3. The Hall–Kier alpha value is -1.34. The first kappa shape index (κ1) is 21.4. The summed E-state index contributed by atoms with van der Waals surface area (Å²) in [5.41, 5.74) is 0. The SMILES string of the molecule is CCOC(=O)N1CC2CCC1CC2N1CC(OC)C1.O=CN1CCCCCC1. The molecule has 5 aliphatic rings. The molecule has 7 nitrogen and oxygen atoms in total. The van der Waals surface area contributed by atoms with Gasteiger partial charge >= 0.3 is 6.09 Å². The van der Waals surface area contributed by atoms with Crippen molar-refractivity contribution in [1.29, 1.82) is 0 Å². The van der Waals surface area contributed by atoms with E-state index in [1.807, 2.05) is 16.7 Å². The maximum atomic E-state index is 11.9. The third-order valence-electron chi connectivity index (χ3n) is 6.77. The lowest BCUT2D eigenvalue weighted by Gasteiger charge is -2.55. The average Bonchev–Trinajstić information content (AvgIpc) is 2.97. The van der Waals surface area contributed by atoms with Crippen LogP contribution < -0.4 is 0 Å². The normalized spacial score (nSPS) is 30.7. The molecule has 1 aliphatic carbocycles. The van der Waals surface area contributed by atoms with Gasteiger partial charge in [0.2, 0.25) is 6.41 Å². The van der Waals surface area contributed by atoms with Crippen LogP contribution in [0.1, 0.15) is 51.9 Å². The number of piperidine rings is 2. The Labute approximate surface area is 169 Å². The molecule has 2 bridgehead atoms. The molecule has 4 heterocycles. The molecule has 0 N–H and O–H groups in total. The van der Waals surface area contributed by atoms with Gasteiger partial charge in [-0.15, -0.1) is 0 Å². The number of amides is 2. The Morgan fingerprint density at radius 3 is 2.32 bits per heavy atom. The Morgan fingerprint density at radius 2 is 1.79 bits per heavy atom. The number of ether oxygens (including phenoxy) is 2. The van der Waals surface area contributed by atoms with Gasteiger partial charge in [0, 0.05) is 51.9 Å². The monoisotopic (exact) mass is 395 g/mol. The average molecular weight is 396 g/mol. The Morgan fingerprint density at radius 1 is 1.07 bits per heavy atom. The topological polar surface area (TPSA) is 62.3 Å². The standard InChI is InChI=1S/C14H24N2O3.C7H13NO/c1-3-19-14(17)16-7-10-4-5-11(16)6-13(10)15-8-12(9-15)18-2;9-7-8-5-3-1-2-4-6-8/h10-13H,3-9H2,1-2H3;7H,1-6H2. The highest BCUT2D eigenvalue weighted by molar-refractivity contribution is 5.68. The summed E-state index contributed by atoms with van der Waals surface area (Å²) in [4.78, 5) is 28.5. The first-order chi connectivity index (χ1) is 13.7. The summed E-state index contributed by atoms with van der Waals surface area (Å²) in [5, 5.41) is 0. The zero-order chi connectivity index (χ0) is 19.9. The predicted octanol–water partition coefficient (Wildman–Crippen LogP) is 2.35. The fourth-order valence-electron chi connectivity index (χ4n) is 5.05. The van der Waals surface area contributed by atoms with Crippen LogP contribution in [0.5, 0.6) is 0 Å². The number of methoxy groups -OCH3 is 1. The van der Waals surface area contributed by atoms with Crippen LogP contribution in [-0.2, 0) is 14.3 Å². The van der Waals surface area contributed by atoms with E-state index in [0.29, 0.717) is 30.7 Å². The zero-order valence-corrected chi connectivity index (χ0v) is 17.6. The van der Waals surface area contributed by atoms with Crippen molar-refractivity contribution >= 4 is 12.5 Å². The molecule has 160 valence electrons. The summed E-state index contributed by atoms with van der Waals surface area (Å²) < 4.78 is 10.5. The minimum Gasteiger partial charge on any atom is -0.450 e. The molecule has 4 aliphatic heterocycles. The maximum Gasteiger partial charge on any atom is 0.410 e. The van der Waals surface area contributed by atoms with E-state index in [4.69, 9.17) is 9.47 Å². The van der Waals surface area contributed by atoms with Gasteiger partial charge in [-0.25, -0.2) is 4.79 Å². The van der Waals surface area contributed by atoms with Crippen LogP contribution in [0.2, 0.25) is 0 Å². The summed E-state index contributed by atoms with van der Waals surface area (Å²) in [6.45, 7) is 7.29. The molecule has 1 saturated carbocycles. The van der Waals surface area contributed by atoms with E-state index in [1.165, 1.54) is 32.1 Å². The van der Waals surface area contributed by atoms with Crippen LogP contribution >= 0.6 is 0 Å². The number of likely N-dealkylation sites (tertiary alicyclic amines) is 2. The molecule has 0 spiro atoms. The molecular weight excluding hydrogens is 358 g/mol. The predicted molar refractivity (Wildman–Crippen MR) is 107 cm³/mol. The van der Waals surface area contributed by atoms with E-state index in [0.717, 1.165) is 52.0 Å². The summed E-state index contributed by atoms with van der Waals surface area (Å²) in [5.74, 6) is 0.618. The van der Waals surface area contributed by atoms with Gasteiger partial charge in [-0.3, -0.25) is 9.69 Å². The number of carbonyl (C=O) groups excluding carboxylic acids is 2. The zero-order valence-electron chi connectivity index (χ0n) is 17.6. The number of hydrogen-bond donors (Lipinski definition) is 0. The number of nitrogens with zero attached hydrogens (tertiary/aromatic N) is 3. The molecule has 0 aromatic carbocycles. The molecule has 3 unspecified atom stereocenters. The lowest BCUT2D eigenvalue weighted by atomic mass is 9.74. The minimum absolute atomic E-state index is 0.117. The highest BCUT2D eigenvalue weighted by Crippen LogP contribution is 2.39. The Bertz CT molecular complexity index is 504. The van der Waals surface area contributed by atoms with Crippen molar-refractivity contribution in [2.24, 2.45) is 5.92 Å². The van der Waals surface area contributed by atoms with E-state index in [2.05, 4.69) is 4.90 Å². The highest BCUT2D eigenvalue weighted by atomic mass is 16.6. The lowest BCUT2D eigenvalue weighted by molar-refractivity contribution is -0.118. The molecule has 0 aromatic rings. The largest absolute Gasteiger partial charge is 0.450 e. The molecule has 0 radical (unpaired) electrons. The number of carbonyl (C=O) groups is 2. The lowest BCUT2D eigenvalue weighted by Crippen LogP contribution is -2.65. The van der Waals surface area contributed by atoms with Crippen LogP contribution in [0.3, 0.4) is 0 Å². The summed E-state index contributed by atoms with van der Waals surface area (Å²) in [6, 6.07) is 1.03. The summed E-state index contributed by atoms with van der Waals surface area (Å²) >= 11 is 0. The maximum absolute atomic E-state index is 11.9. The number of hydrogen-bond acceptors (Lipinski definition) is 5. The van der Waals surface area contributed by atoms with Crippen molar-refractivity contribution in [3.8, 4) is 0 Å². The second kappa shape index (κ2) is 10.4. The van der Waals surface area contributed by atoms with Crippen LogP contribution in [-0.4, -0.2) is 91.8 Å². The van der Waals surface area contributed by atoms with Gasteiger partial charge in [0.1, 0.15) is 0 Å². The van der Waals surface area contributed by atoms with Gasteiger partial charge in [-0.2, -0.15) is 0 Å². The Balaban J connectivity index is 0.000000211. The Kier molecular flexibility index (Phi) is 7.97. The van der Waals surface area contributed by atoms with E-state index in [-0.39, 0.29) is 6.09 Å². The van der Waals surface area contributed by atoms with E-state index in [1.54, 1.807) is 7.11 Å². The van der Waals surface area contributed by atoms with E-state index >= 15 is 0 Å². The minimum atomic E-state index is -0.117. The second-order valence-corrected chi connectivity index (χ2v) is 8.51. The molecule has 3 atom stereocenters. The van der Waals surface area contributed by atoms with Crippen molar-refractivity contribution in [1.82, 2.24) is 14.7 Å². The smallest absolute Gasteiger partial charge is 0.410 e. The van der Waals surface area contributed by atoms with Crippen LogP contribution in [0.4, 0.5) is 4.79 Å². The quantitative estimate of drug-likeness (QED) is 0.684. The molecule has 2 amide bonds. The van der Waals surface area contributed by atoms with Crippen LogP contribution in [0, 0.1) is 5.92 Å². The van der Waals surface area contributed by atoms with Crippen molar-refractivity contribution < 1.29 is 19.1 Å². The number of rotatable bonds is 4. The molecular formula is C21H37N3O4. The second-order valence-electron chi connectivity index (χ2n) is 8.51. The molecule has 7 heteroatoms. The molecule has 4 saturated heterocycles. The molecule has 5 rings (SSSR count). The molecule has 28 heavy (non-hydrogen) atoms. The first-order valence-electron chi connectivity index (χ1n) is 11.1. The first-order valence-corrected chi connectivity index (χ1v) is 11.1. The molecule has 5 fully saturated rings. The van der Waals surface area contributed by atoms with E-state index in [9.17, 15) is 9.59 Å². The van der Waals surface area contributed by atoms with Gasteiger partial charge in [-0.05, 0) is 44.9 Å². The third-order valence-corrected chi connectivity index (χ3v) is 6.77. The van der Waals surface area contributed by atoms with Crippen molar-refractivity contribution in [2.45, 2.75) is 70.1 Å². The van der Waals surface area contributed by atoms with Crippen LogP contribution in [0.15, 0.2) is 0 Å². The van der Waals surface area contributed by atoms with Crippen molar-refractivity contribution in [2.75, 3.05) is 46.4 Å². The summed E-state index contributed by atoms with van der Waals surface area (Å²) in [7, 11) is 1.79. The van der Waals surface area contributed by atoms with Gasteiger partial charge < -0.3 is 19.3 Å². The molecule has 0 aromatic heterocycles. The highest BCUT2D eigenvalue weighted by Gasteiger charge is 2.47. The fourth-order valence-corrected chi connectivity index (χ4v) is 5.05. The third kappa shape index (κ3) is 5.17. The van der Waals surface area contributed by atoms with Crippen molar-refractivity contribution in [3.63, 3.8) is 0 Å². The van der Waals surface area contributed by atoms with Crippen molar-refractivity contribution in [3.05, 3.63) is 0 Å². The van der Waals surface area contributed by atoms with Gasteiger partial charge in [-0.1, -0.05) is 12.8 Å².